The Balaban J connectivity index is 1.46. The number of aryl methyl sites for hydroxylation is 2. The molecule has 16 heteroatoms. The largest absolute Gasteiger partial charge is 0.226 e. The van der Waals surface area contributed by atoms with Crippen LogP contribution in [0.4, 0.5) is 0 Å². The molecule has 0 fully saturated rings. The van der Waals surface area contributed by atoms with Crippen LogP contribution < -0.4 is 0 Å². The fraction of sp³-hybridized carbons (Fsp3) is 0.0909. The Morgan fingerprint density at radius 1 is 0.658 bits per heavy atom. The van der Waals surface area contributed by atoms with Gasteiger partial charge in [0, 0.05) is 10.0 Å². The van der Waals surface area contributed by atoms with Gasteiger partial charge >= 0.3 is 0 Å². The minimum atomic E-state index is 0.447. The van der Waals surface area contributed by atoms with Crippen LogP contribution in [-0.4, -0.2) is 60.0 Å². The molecule has 0 spiro atoms. The van der Waals surface area contributed by atoms with Crippen molar-refractivity contribution >= 4 is 44.8 Å². The predicted octanol–water partition coefficient (Wildman–Crippen LogP) is 4.55. The minimum absolute atomic E-state index is 0.447. The maximum Gasteiger partial charge on any atom is 0.209 e. The van der Waals surface area contributed by atoms with E-state index in [0.29, 0.717) is 32.8 Å². The number of nitrogens with zero attached hydrogens (tertiary/aromatic N) is 12. The van der Waals surface area contributed by atoms with Gasteiger partial charge in [0.1, 0.15) is 10.1 Å². The number of benzene rings is 2. The molecule has 4 aromatic heterocycles. The average Bonchev–Trinajstić information content (AvgIpc) is 3.69. The summed E-state index contributed by atoms with van der Waals surface area (Å²) < 4.78 is 3.57. The van der Waals surface area contributed by atoms with Gasteiger partial charge in [-0.15, -0.1) is 20.4 Å². The van der Waals surface area contributed by atoms with Crippen molar-refractivity contribution < 1.29 is 0 Å². The summed E-state index contributed by atoms with van der Waals surface area (Å²) in [5, 5.41) is 37.1. The van der Waals surface area contributed by atoms with E-state index in [1.807, 2.05) is 48.5 Å². The fourth-order valence-electron chi connectivity index (χ4n) is 3.59. The third-order valence-electron chi connectivity index (χ3n) is 5.25. The van der Waals surface area contributed by atoms with E-state index < -0.39 is 0 Å². The molecule has 6 aromatic rings. The number of rotatable bonds is 7. The number of tetrazole rings is 2. The van der Waals surface area contributed by atoms with E-state index in [0.717, 1.165) is 21.4 Å². The number of hydrogen-bond donors (Lipinski definition) is 0. The van der Waals surface area contributed by atoms with Crippen molar-refractivity contribution in [3.05, 3.63) is 71.0 Å². The lowest BCUT2D eigenvalue weighted by molar-refractivity contribution is 0.630. The van der Waals surface area contributed by atoms with E-state index in [9.17, 15) is 0 Å². The zero-order chi connectivity index (χ0) is 26.2. The first-order valence-corrected chi connectivity index (χ1v) is 13.9. The van der Waals surface area contributed by atoms with Crippen LogP contribution in [0, 0.1) is 0 Å². The fourth-order valence-corrected chi connectivity index (χ4v) is 6.46. The van der Waals surface area contributed by atoms with Crippen molar-refractivity contribution in [3.8, 4) is 34.2 Å². The molecule has 4 heterocycles. The number of aromatic nitrogens is 12. The molecule has 0 bridgehead atoms. The van der Waals surface area contributed by atoms with Gasteiger partial charge in [-0.2, -0.15) is 19.8 Å². The molecule has 0 aliphatic rings. The van der Waals surface area contributed by atoms with Crippen molar-refractivity contribution in [2.24, 2.45) is 14.1 Å². The standard InChI is InChI=1S/C22H16Cl2N12S2/c1-33-29-19(27-31-33)17-11-25-35(15-7-3-5-13(23)9-15)21(17)37-38-22-18(20-28-32-34(2)30-20)12-26-36(22)16-8-4-6-14(24)10-16/h3-12H,1-2H3. The maximum absolute atomic E-state index is 6.29. The van der Waals surface area contributed by atoms with Crippen LogP contribution in [-0.2, 0) is 14.1 Å². The molecule has 190 valence electrons. The third-order valence-corrected chi connectivity index (χ3v) is 8.11. The first-order valence-electron chi connectivity index (χ1n) is 11.0. The topological polar surface area (TPSA) is 123 Å². The Morgan fingerprint density at radius 3 is 1.47 bits per heavy atom. The Bertz CT molecular complexity index is 1630. The van der Waals surface area contributed by atoms with E-state index >= 15 is 0 Å². The lowest BCUT2D eigenvalue weighted by atomic mass is 10.3. The zero-order valence-electron chi connectivity index (χ0n) is 19.7. The zero-order valence-corrected chi connectivity index (χ0v) is 22.9. The molecule has 6 rings (SSSR count). The summed E-state index contributed by atoms with van der Waals surface area (Å²) in [4.78, 5) is 2.80. The van der Waals surface area contributed by atoms with Crippen LogP contribution in [0.25, 0.3) is 34.2 Å². The number of halogens is 2. The van der Waals surface area contributed by atoms with Gasteiger partial charge in [0.05, 0.1) is 49.0 Å². The molecule has 0 atom stereocenters. The third kappa shape index (κ3) is 4.78. The van der Waals surface area contributed by atoms with E-state index in [2.05, 4.69) is 41.0 Å². The average molecular weight is 583 g/mol. The molecular weight excluding hydrogens is 567 g/mol. The SMILES string of the molecule is Cn1nnc(-c2cnn(-c3cccc(Cl)c3)c2SSc2c(-c3nnn(C)n3)cnn2-c2cccc(Cl)c2)n1. The molecule has 0 amide bonds. The Morgan fingerprint density at radius 2 is 1.11 bits per heavy atom. The lowest BCUT2D eigenvalue weighted by Gasteiger charge is -2.11. The quantitative estimate of drug-likeness (QED) is 0.248. The van der Waals surface area contributed by atoms with E-state index in [-0.39, 0.29) is 0 Å². The highest BCUT2D eigenvalue weighted by Gasteiger charge is 2.23. The second kappa shape index (κ2) is 10.2. The van der Waals surface area contributed by atoms with Gasteiger partial charge in [-0.1, -0.05) is 35.3 Å². The first-order chi connectivity index (χ1) is 18.5. The summed E-state index contributed by atoms with van der Waals surface area (Å²) >= 11 is 12.6. The summed E-state index contributed by atoms with van der Waals surface area (Å²) in [6, 6.07) is 14.9. The monoisotopic (exact) mass is 582 g/mol. The van der Waals surface area contributed by atoms with Gasteiger partial charge in [-0.05, 0) is 68.4 Å². The van der Waals surface area contributed by atoms with Crippen molar-refractivity contribution in [1.82, 2.24) is 60.0 Å². The van der Waals surface area contributed by atoms with Gasteiger partial charge in [0.2, 0.25) is 11.6 Å². The molecule has 0 N–H and O–H groups in total. The molecule has 12 nitrogen and oxygen atoms in total. The molecule has 0 saturated heterocycles. The smallest absolute Gasteiger partial charge is 0.209 e. The van der Waals surface area contributed by atoms with Gasteiger partial charge in [0.15, 0.2) is 0 Å². The van der Waals surface area contributed by atoms with Crippen LogP contribution in [0.1, 0.15) is 0 Å². The molecule has 0 aliphatic carbocycles. The van der Waals surface area contributed by atoms with E-state index in [1.54, 1.807) is 35.9 Å². The molecule has 0 unspecified atom stereocenters. The van der Waals surface area contributed by atoms with Crippen LogP contribution in [0.2, 0.25) is 10.0 Å². The van der Waals surface area contributed by atoms with E-state index in [4.69, 9.17) is 23.2 Å². The second-order valence-corrected chi connectivity index (χ2v) is 10.9. The van der Waals surface area contributed by atoms with Crippen LogP contribution in [0.5, 0.6) is 0 Å². The van der Waals surface area contributed by atoms with Crippen molar-refractivity contribution in [3.63, 3.8) is 0 Å². The Labute approximate surface area is 233 Å². The van der Waals surface area contributed by atoms with Crippen molar-refractivity contribution in [2.45, 2.75) is 10.1 Å². The van der Waals surface area contributed by atoms with Gasteiger partial charge in [-0.25, -0.2) is 9.36 Å². The van der Waals surface area contributed by atoms with Crippen LogP contribution in [0.15, 0.2) is 71.0 Å². The maximum atomic E-state index is 6.29. The lowest BCUT2D eigenvalue weighted by Crippen LogP contribution is -2.00. The normalized spacial score (nSPS) is 11.4. The summed E-state index contributed by atoms with van der Waals surface area (Å²) in [5.74, 6) is 0.895. The summed E-state index contributed by atoms with van der Waals surface area (Å²) in [7, 11) is 6.33. The van der Waals surface area contributed by atoms with Crippen molar-refractivity contribution in [1.29, 1.82) is 0 Å². The first kappa shape index (κ1) is 24.6. The molecule has 0 radical (unpaired) electrons. The summed E-state index contributed by atoms with van der Waals surface area (Å²) in [6.45, 7) is 0. The molecule has 38 heavy (non-hydrogen) atoms. The minimum Gasteiger partial charge on any atom is -0.226 e. The highest BCUT2D eigenvalue weighted by Crippen LogP contribution is 2.45. The molecule has 0 saturated carbocycles. The summed E-state index contributed by atoms with van der Waals surface area (Å²) in [6.07, 6.45) is 3.42. The second-order valence-electron chi connectivity index (χ2n) is 7.88. The highest BCUT2D eigenvalue weighted by atomic mass is 35.5. The van der Waals surface area contributed by atoms with E-state index in [1.165, 1.54) is 31.2 Å². The van der Waals surface area contributed by atoms with Crippen LogP contribution >= 0.6 is 44.8 Å². The molecular formula is C22H16Cl2N12S2. The Kier molecular flexibility index (Phi) is 6.61. The van der Waals surface area contributed by atoms with Gasteiger partial charge in [0.25, 0.3) is 0 Å². The molecule has 2 aromatic carbocycles. The van der Waals surface area contributed by atoms with Gasteiger partial charge < -0.3 is 0 Å². The van der Waals surface area contributed by atoms with Crippen molar-refractivity contribution in [2.75, 3.05) is 0 Å². The van der Waals surface area contributed by atoms with Gasteiger partial charge in [-0.3, -0.25) is 0 Å². The molecule has 0 aliphatic heterocycles. The number of hydrogen-bond acceptors (Lipinski definition) is 10. The predicted molar refractivity (Wildman–Crippen MR) is 144 cm³/mol. The Hall–Kier alpha value is -3.72. The van der Waals surface area contributed by atoms with Crippen LogP contribution in [0.3, 0.4) is 0 Å². The highest BCUT2D eigenvalue weighted by molar-refractivity contribution is 8.76. The summed E-state index contributed by atoms with van der Waals surface area (Å²) in [5.41, 5.74) is 3.00.